The SMILES string of the molecule is CCCCCNC(=O)c1nnc(C(C)C)o1. The molecule has 0 atom stereocenters. The summed E-state index contributed by atoms with van der Waals surface area (Å²) in [5.41, 5.74) is 0. The topological polar surface area (TPSA) is 68.0 Å². The summed E-state index contributed by atoms with van der Waals surface area (Å²) < 4.78 is 5.23. The zero-order chi connectivity index (χ0) is 12.0. The Morgan fingerprint density at radius 3 is 2.69 bits per heavy atom. The van der Waals surface area contributed by atoms with Gasteiger partial charge in [0.05, 0.1) is 0 Å². The third kappa shape index (κ3) is 3.64. The molecule has 1 amide bonds. The van der Waals surface area contributed by atoms with Gasteiger partial charge in [-0.2, -0.15) is 0 Å². The lowest BCUT2D eigenvalue weighted by molar-refractivity contribution is 0.0916. The van der Waals surface area contributed by atoms with Crippen molar-refractivity contribution in [3.63, 3.8) is 0 Å². The summed E-state index contributed by atoms with van der Waals surface area (Å²) in [6, 6.07) is 0. The van der Waals surface area contributed by atoms with E-state index in [1.54, 1.807) is 0 Å². The monoisotopic (exact) mass is 225 g/mol. The van der Waals surface area contributed by atoms with E-state index in [-0.39, 0.29) is 17.7 Å². The highest BCUT2D eigenvalue weighted by Crippen LogP contribution is 2.11. The van der Waals surface area contributed by atoms with Crippen LogP contribution in [0.25, 0.3) is 0 Å². The largest absolute Gasteiger partial charge is 0.417 e. The van der Waals surface area contributed by atoms with Gasteiger partial charge in [0.2, 0.25) is 5.89 Å². The van der Waals surface area contributed by atoms with Crippen molar-refractivity contribution in [3.05, 3.63) is 11.8 Å². The minimum Gasteiger partial charge on any atom is -0.417 e. The number of hydrogen-bond donors (Lipinski definition) is 1. The smallest absolute Gasteiger partial charge is 0.308 e. The average molecular weight is 225 g/mol. The number of nitrogens with zero attached hydrogens (tertiary/aromatic N) is 2. The summed E-state index contributed by atoms with van der Waals surface area (Å²) in [7, 11) is 0. The second kappa shape index (κ2) is 6.25. The van der Waals surface area contributed by atoms with Crippen LogP contribution in [0.3, 0.4) is 0 Å². The molecule has 0 aromatic carbocycles. The fourth-order valence-electron chi connectivity index (χ4n) is 1.21. The third-order valence-corrected chi connectivity index (χ3v) is 2.19. The van der Waals surface area contributed by atoms with Crippen molar-refractivity contribution in [2.45, 2.75) is 46.0 Å². The van der Waals surface area contributed by atoms with E-state index in [9.17, 15) is 4.79 Å². The molecule has 5 nitrogen and oxygen atoms in total. The van der Waals surface area contributed by atoms with Crippen LogP contribution in [0.15, 0.2) is 4.42 Å². The summed E-state index contributed by atoms with van der Waals surface area (Å²) in [5.74, 6) is 0.420. The summed E-state index contributed by atoms with van der Waals surface area (Å²) in [5, 5.41) is 10.3. The van der Waals surface area contributed by atoms with Crippen LogP contribution in [0.2, 0.25) is 0 Å². The van der Waals surface area contributed by atoms with E-state index in [0.717, 1.165) is 19.3 Å². The number of carbonyl (C=O) groups is 1. The Bertz CT molecular complexity index is 334. The molecule has 1 rings (SSSR count). The standard InChI is InChI=1S/C11H19N3O2/c1-4-5-6-7-12-9(15)11-14-13-10(16-11)8(2)3/h8H,4-7H2,1-3H3,(H,12,15). The van der Waals surface area contributed by atoms with Crippen molar-refractivity contribution >= 4 is 5.91 Å². The first-order valence-corrected chi connectivity index (χ1v) is 5.76. The van der Waals surface area contributed by atoms with Crippen LogP contribution >= 0.6 is 0 Å². The molecule has 1 N–H and O–H groups in total. The first kappa shape index (κ1) is 12.7. The van der Waals surface area contributed by atoms with Crippen molar-refractivity contribution in [2.75, 3.05) is 6.54 Å². The number of hydrogen-bond acceptors (Lipinski definition) is 4. The maximum absolute atomic E-state index is 11.5. The van der Waals surface area contributed by atoms with Gasteiger partial charge < -0.3 is 9.73 Å². The van der Waals surface area contributed by atoms with Gasteiger partial charge in [-0.25, -0.2) is 0 Å². The van der Waals surface area contributed by atoms with Crippen molar-refractivity contribution in [3.8, 4) is 0 Å². The molecule has 0 aliphatic carbocycles. The van der Waals surface area contributed by atoms with Gasteiger partial charge in [0.1, 0.15) is 0 Å². The molecule has 0 aliphatic rings. The lowest BCUT2D eigenvalue weighted by Crippen LogP contribution is -2.24. The molecule has 0 aliphatic heterocycles. The van der Waals surface area contributed by atoms with Gasteiger partial charge >= 0.3 is 11.8 Å². The highest BCUT2D eigenvalue weighted by molar-refractivity contribution is 5.89. The Morgan fingerprint density at radius 2 is 2.12 bits per heavy atom. The fraction of sp³-hybridized carbons (Fsp3) is 0.727. The molecule has 0 saturated carbocycles. The number of unbranched alkanes of at least 4 members (excludes halogenated alkanes) is 2. The first-order valence-electron chi connectivity index (χ1n) is 5.76. The second-order valence-electron chi connectivity index (χ2n) is 4.06. The molecule has 0 bridgehead atoms. The van der Waals surface area contributed by atoms with Crippen LogP contribution in [0.1, 0.15) is 62.5 Å². The lowest BCUT2D eigenvalue weighted by atomic mass is 10.2. The molecule has 0 spiro atoms. The highest BCUT2D eigenvalue weighted by Gasteiger charge is 2.15. The maximum Gasteiger partial charge on any atom is 0.308 e. The first-order chi connectivity index (χ1) is 7.65. The van der Waals surface area contributed by atoms with Gasteiger partial charge in [-0.05, 0) is 6.42 Å². The fourth-order valence-corrected chi connectivity index (χ4v) is 1.21. The number of nitrogens with one attached hydrogen (secondary N) is 1. The number of carbonyl (C=O) groups excluding carboxylic acids is 1. The Morgan fingerprint density at radius 1 is 1.38 bits per heavy atom. The maximum atomic E-state index is 11.5. The summed E-state index contributed by atoms with van der Waals surface area (Å²) >= 11 is 0. The molecule has 1 aromatic heterocycles. The Kier molecular flexibility index (Phi) is 4.95. The molecule has 1 heterocycles. The lowest BCUT2D eigenvalue weighted by Gasteiger charge is -2.00. The van der Waals surface area contributed by atoms with Crippen molar-refractivity contribution in [1.82, 2.24) is 15.5 Å². The van der Waals surface area contributed by atoms with E-state index in [2.05, 4.69) is 22.4 Å². The Balaban J connectivity index is 2.40. The van der Waals surface area contributed by atoms with Crippen molar-refractivity contribution < 1.29 is 9.21 Å². The zero-order valence-corrected chi connectivity index (χ0v) is 10.1. The predicted octanol–water partition coefficient (Wildman–Crippen LogP) is 2.11. The summed E-state index contributed by atoms with van der Waals surface area (Å²) in [6.07, 6.45) is 3.22. The van der Waals surface area contributed by atoms with E-state index < -0.39 is 0 Å². The predicted molar refractivity (Wildman–Crippen MR) is 60.2 cm³/mol. The molecule has 0 unspecified atom stereocenters. The molecule has 1 aromatic rings. The van der Waals surface area contributed by atoms with E-state index in [0.29, 0.717) is 12.4 Å². The van der Waals surface area contributed by atoms with Gasteiger partial charge in [0.15, 0.2) is 0 Å². The van der Waals surface area contributed by atoms with Crippen molar-refractivity contribution in [2.24, 2.45) is 0 Å². The van der Waals surface area contributed by atoms with Crippen LogP contribution in [-0.2, 0) is 0 Å². The Hall–Kier alpha value is -1.39. The number of aromatic nitrogens is 2. The second-order valence-corrected chi connectivity index (χ2v) is 4.06. The highest BCUT2D eigenvalue weighted by atomic mass is 16.4. The molecule has 0 saturated heterocycles. The van der Waals surface area contributed by atoms with E-state index in [1.807, 2.05) is 13.8 Å². The van der Waals surface area contributed by atoms with E-state index >= 15 is 0 Å². The van der Waals surface area contributed by atoms with Gasteiger partial charge in [0, 0.05) is 12.5 Å². The summed E-state index contributed by atoms with van der Waals surface area (Å²) in [4.78, 5) is 11.5. The van der Waals surface area contributed by atoms with Crippen molar-refractivity contribution in [1.29, 1.82) is 0 Å². The van der Waals surface area contributed by atoms with Crippen LogP contribution in [0, 0.1) is 0 Å². The number of amides is 1. The molecular formula is C11H19N3O2. The normalized spacial score (nSPS) is 10.8. The Labute approximate surface area is 95.6 Å². The molecule has 90 valence electrons. The van der Waals surface area contributed by atoms with Crippen LogP contribution < -0.4 is 5.32 Å². The zero-order valence-electron chi connectivity index (χ0n) is 10.1. The van der Waals surface area contributed by atoms with Crippen LogP contribution in [0.4, 0.5) is 0 Å². The molecule has 16 heavy (non-hydrogen) atoms. The van der Waals surface area contributed by atoms with Gasteiger partial charge in [-0.15, -0.1) is 10.2 Å². The van der Waals surface area contributed by atoms with Gasteiger partial charge in [-0.1, -0.05) is 33.6 Å². The molecule has 0 fully saturated rings. The minimum absolute atomic E-state index is 0.0557. The van der Waals surface area contributed by atoms with E-state index in [4.69, 9.17) is 4.42 Å². The number of rotatable bonds is 6. The molecule has 0 radical (unpaired) electrons. The molecule has 5 heteroatoms. The molecular weight excluding hydrogens is 206 g/mol. The third-order valence-electron chi connectivity index (χ3n) is 2.19. The average Bonchev–Trinajstić information content (AvgIpc) is 2.73. The van der Waals surface area contributed by atoms with Crippen LogP contribution in [-0.4, -0.2) is 22.6 Å². The van der Waals surface area contributed by atoms with Gasteiger partial charge in [0.25, 0.3) is 0 Å². The van der Waals surface area contributed by atoms with Gasteiger partial charge in [-0.3, -0.25) is 4.79 Å². The van der Waals surface area contributed by atoms with E-state index in [1.165, 1.54) is 0 Å². The minimum atomic E-state index is -0.282. The quantitative estimate of drug-likeness (QED) is 0.753. The van der Waals surface area contributed by atoms with Crippen LogP contribution in [0.5, 0.6) is 0 Å². The summed E-state index contributed by atoms with van der Waals surface area (Å²) in [6.45, 7) is 6.66.